The molecule has 6 aliphatic carbocycles. The Hall–Kier alpha value is -3.88. The molecule has 52 heavy (non-hydrogen) atoms. The summed E-state index contributed by atoms with van der Waals surface area (Å²) < 4.78 is -1.50. The maximum absolute atomic E-state index is 5.15. The van der Waals surface area contributed by atoms with E-state index in [0.29, 0.717) is 0 Å². The molecule has 0 aliphatic heterocycles. The zero-order valence-electron chi connectivity index (χ0n) is 27.0. The van der Waals surface area contributed by atoms with Crippen molar-refractivity contribution in [1.29, 1.82) is 0 Å². The molecular formula is C40H26Cl6N6. The average Bonchev–Trinajstić information content (AvgIpc) is 3.81. The van der Waals surface area contributed by atoms with Crippen LogP contribution in [0.15, 0.2) is 121 Å². The first kappa shape index (κ1) is 33.9. The van der Waals surface area contributed by atoms with Gasteiger partial charge in [-0.15, -0.1) is 0 Å². The Morgan fingerprint density at radius 3 is 0.769 bits per heavy atom. The molecule has 0 fully saturated rings. The second kappa shape index (κ2) is 13.5. The van der Waals surface area contributed by atoms with Crippen molar-refractivity contribution in [1.82, 2.24) is 30.0 Å². The van der Waals surface area contributed by atoms with E-state index in [9.17, 15) is 0 Å². The Morgan fingerprint density at radius 2 is 0.558 bits per heavy atom. The van der Waals surface area contributed by atoms with Crippen LogP contribution in [0.2, 0.25) is 0 Å². The summed E-state index contributed by atoms with van der Waals surface area (Å²) in [6, 6.07) is 43.4. The third-order valence-corrected chi connectivity index (χ3v) is 10.2. The molecular weight excluding hydrogens is 777 g/mol. The first-order valence-electron chi connectivity index (χ1n) is 16.5. The fourth-order valence-corrected chi connectivity index (χ4v) is 8.45. The quantitative estimate of drug-likeness (QED) is 0.163. The summed E-state index contributed by atoms with van der Waals surface area (Å²) in [5.74, 6) is 0.380. The predicted octanol–water partition coefficient (Wildman–Crippen LogP) is 10.8. The lowest BCUT2D eigenvalue weighted by atomic mass is 9.64. The van der Waals surface area contributed by atoms with Gasteiger partial charge >= 0.3 is 0 Å². The van der Waals surface area contributed by atoms with Crippen LogP contribution in [-0.4, -0.2) is 38.6 Å². The minimum Gasteiger partial charge on any atom is -0.152 e. The van der Waals surface area contributed by atoms with E-state index < -0.39 is 8.59 Å². The third-order valence-electron chi connectivity index (χ3n) is 10.2. The monoisotopic (exact) mass is 800 g/mol. The molecule has 0 saturated heterocycles. The second-order valence-electron chi connectivity index (χ2n) is 12.8. The number of aromatic nitrogens is 6. The van der Waals surface area contributed by atoms with Gasteiger partial charge in [0.25, 0.3) is 0 Å². The molecule has 13 rings (SSSR count). The summed E-state index contributed by atoms with van der Waals surface area (Å²) in [4.78, 5) is 3.62. The van der Waals surface area contributed by atoms with E-state index in [1.54, 1.807) is 0 Å². The van der Waals surface area contributed by atoms with Crippen molar-refractivity contribution in [3.05, 3.63) is 189 Å². The van der Waals surface area contributed by atoms with Gasteiger partial charge in [0.15, 0.2) is 8.59 Å². The predicted molar refractivity (Wildman–Crippen MR) is 209 cm³/mol. The zero-order chi connectivity index (χ0) is 35.7. The summed E-state index contributed by atoms with van der Waals surface area (Å²) in [7, 11) is 0. The standard InChI is InChI=1S/C38H24N6.2CHCl3/c1-2-13-24-23(12-1)31-25-14-3-4-15-26(25)32(24)36-35(31)39-43(40-36)21-10-9-11-22(20-21)44-41-37-33-27-16-5-6-17-28(27)34(38(37)42-44)30-19-8-7-18-29(30)33;2*2-1(3)4/h1-20,31-34H;2*1H. The van der Waals surface area contributed by atoms with Crippen molar-refractivity contribution in [3.63, 3.8) is 0 Å². The van der Waals surface area contributed by atoms with Crippen LogP contribution in [0.1, 0.15) is 91.0 Å². The Labute approximate surface area is 329 Å². The minimum absolute atomic E-state index is 0.0950. The van der Waals surface area contributed by atoms with E-state index in [1.807, 2.05) is 15.7 Å². The Kier molecular flexibility index (Phi) is 8.82. The highest BCUT2D eigenvalue weighted by Crippen LogP contribution is 2.56. The molecule has 0 atom stereocenters. The molecule has 0 spiro atoms. The molecule has 7 aromatic rings. The number of benzene rings is 5. The van der Waals surface area contributed by atoms with E-state index >= 15 is 0 Å². The van der Waals surface area contributed by atoms with Gasteiger partial charge in [-0.25, -0.2) is 0 Å². The minimum atomic E-state index is -0.750. The Morgan fingerprint density at radius 1 is 0.346 bits per heavy atom. The maximum atomic E-state index is 5.15. The number of nitrogens with zero attached hydrogens (tertiary/aromatic N) is 6. The molecule has 0 saturated carbocycles. The van der Waals surface area contributed by atoms with E-state index in [0.717, 1.165) is 34.2 Å². The molecule has 5 aromatic carbocycles. The summed E-state index contributed by atoms with van der Waals surface area (Å²) in [6.45, 7) is 0. The van der Waals surface area contributed by atoms with Crippen LogP contribution in [0.25, 0.3) is 11.4 Å². The number of rotatable bonds is 2. The van der Waals surface area contributed by atoms with Crippen LogP contribution in [0.4, 0.5) is 0 Å². The van der Waals surface area contributed by atoms with Gasteiger partial charge in [-0.05, 0) is 62.7 Å². The van der Waals surface area contributed by atoms with Crippen LogP contribution in [0.3, 0.4) is 0 Å². The van der Waals surface area contributed by atoms with Crippen molar-refractivity contribution >= 4 is 69.6 Å². The first-order valence-corrected chi connectivity index (χ1v) is 19.2. The summed E-state index contributed by atoms with van der Waals surface area (Å²) in [5.41, 5.74) is 16.7. The third kappa shape index (κ3) is 5.55. The fourth-order valence-electron chi connectivity index (χ4n) is 8.45. The molecule has 12 heteroatoms. The Bertz CT molecular complexity index is 2070. The second-order valence-corrected chi connectivity index (χ2v) is 16.7. The van der Waals surface area contributed by atoms with Gasteiger partial charge in [0.1, 0.15) is 0 Å². The number of halogens is 6. The van der Waals surface area contributed by atoms with Gasteiger partial charge in [0.2, 0.25) is 0 Å². The molecule has 0 amide bonds. The smallest absolute Gasteiger partial charge is 0.152 e. The number of hydrogen-bond acceptors (Lipinski definition) is 4. The van der Waals surface area contributed by atoms with Gasteiger partial charge in [-0.3, -0.25) is 0 Å². The normalized spacial score (nSPS) is 18.9. The lowest BCUT2D eigenvalue weighted by Crippen LogP contribution is -2.27. The molecule has 258 valence electrons. The molecule has 2 aromatic heterocycles. The molecule has 6 nitrogen and oxygen atoms in total. The van der Waals surface area contributed by atoms with Crippen molar-refractivity contribution in [2.75, 3.05) is 0 Å². The van der Waals surface area contributed by atoms with Crippen molar-refractivity contribution < 1.29 is 0 Å². The highest BCUT2D eigenvalue weighted by molar-refractivity contribution is 6.63. The van der Waals surface area contributed by atoms with Crippen molar-refractivity contribution in [2.24, 2.45) is 0 Å². The fraction of sp³-hybridized carbons (Fsp3) is 0.150. The molecule has 2 heterocycles. The highest BCUT2D eigenvalue weighted by atomic mass is 35.6. The molecule has 0 unspecified atom stereocenters. The van der Waals surface area contributed by atoms with E-state index in [2.05, 4.69) is 115 Å². The van der Waals surface area contributed by atoms with E-state index in [4.69, 9.17) is 90.0 Å². The molecule has 4 bridgehead atoms. The van der Waals surface area contributed by atoms with E-state index in [-0.39, 0.29) is 23.7 Å². The van der Waals surface area contributed by atoms with Gasteiger partial charge in [-0.1, -0.05) is 173 Å². The lowest BCUT2D eigenvalue weighted by Gasteiger charge is -2.38. The van der Waals surface area contributed by atoms with Gasteiger partial charge in [-0.2, -0.15) is 30.0 Å². The number of alkyl halides is 6. The topological polar surface area (TPSA) is 61.4 Å². The highest BCUT2D eigenvalue weighted by Gasteiger charge is 2.46. The van der Waals surface area contributed by atoms with Crippen molar-refractivity contribution in [2.45, 2.75) is 32.3 Å². The molecule has 0 radical (unpaired) electrons. The van der Waals surface area contributed by atoms with Crippen LogP contribution < -0.4 is 0 Å². The Balaban J connectivity index is 0.000000412. The van der Waals surface area contributed by atoms with Crippen LogP contribution >= 0.6 is 69.6 Å². The van der Waals surface area contributed by atoms with Crippen LogP contribution in [-0.2, 0) is 0 Å². The summed E-state index contributed by atoms with van der Waals surface area (Å²) >= 11 is 28.8. The first-order chi connectivity index (χ1) is 25.3. The SMILES string of the molecule is ClC(Cl)Cl.ClC(Cl)Cl.c1cc(-n2nc3c(n2)C2c4ccccc4C3c3ccccc32)cc(-n2nc3c(n2)C2c4ccccc4C3c3ccccc32)c1. The van der Waals surface area contributed by atoms with Crippen LogP contribution in [0.5, 0.6) is 0 Å². The molecule has 0 N–H and O–H groups in total. The van der Waals surface area contributed by atoms with Crippen molar-refractivity contribution in [3.8, 4) is 11.4 Å². The summed E-state index contributed by atoms with van der Waals surface area (Å²) in [5, 5.41) is 20.6. The lowest BCUT2D eigenvalue weighted by molar-refractivity contribution is 0.716. The maximum Gasteiger partial charge on any atom is 0.180 e. The summed E-state index contributed by atoms with van der Waals surface area (Å²) in [6.07, 6.45) is 0. The van der Waals surface area contributed by atoms with E-state index in [1.165, 1.54) is 44.5 Å². The van der Waals surface area contributed by atoms with Crippen LogP contribution in [0, 0.1) is 0 Å². The largest absolute Gasteiger partial charge is 0.180 e. The van der Waals surface area contributed by atoms with Gasteiger partial charge in [0, 0.05) is 0 Å². The average molecular weight is 803 g/mol. The number of hydrogen-bond donors (Lipinski definition) is 0. The zero-order valence-corrected chi connectivity index (χ0v) is 31.5. The van der Waals surface area contributed by atoms with Gasteiger partial charge < -0.3 is 0 Å². The molecule has 6 aliphatic rings. The van der Waals surface area contributed by atoms with Gasteiger partial charge in [0.05, 0.1) is 57.8 Å².